The van der Waals surface area contributed by atoms with Crippen LogP contribution in [0.4, 0.5) is 4.39 Å². The lowest BCUT2D eigenvalue weighted by Gasteiger charge is -2.21. The average Bonchev–Trinajstić information content (AvgIpc) is 2.85. The van der Waals surface area contributed by atoms with E-state index in [0.29, 0.717) is 24.9 Å². The second kappa shape index (κ2) is 7.20. The molecule has 0 radical (unpaired) electrons. The van der Waals surface area contributed by atoms with E-state index in [2.05, 4.69) is 5.32 Å². The van der Waals surface area contributed by atoms with Gasteiger partial charge in [-0.1, -0.05) is 25.0 Å². The van der Waals surface area contributed by atoms with Crippen LogP contribution in [0.3, 0.4) is 0 Å². The second-order valence-electron chi connectivity index (χ2n) is 6.55. The van der Waals surface area contributed by atoms with Gasteiger partial charge in [0.25, 0.3) is 0 Å². The lowest BCUT2D eigenvalue weighted by molar-refractivity contribution is -0.126. The van der Waals surface area contributed by atoms with Gasteiger partial charge in [-0.3, -0.25) is 4.79 Å². The number of carbonyl (C=O) groups is 1. The molecule has 22 heavy (non-hydrogen) atoms. The van der Waals surface area contributed by atoms with Crippen LogP contribution in [0.5, 0.6) is 0 Å². The van der Waals surface area contributed by atoms with E-state index in [0.717, 1.165) is 18.4 Å². The maximum Gasteiger partial charge on any atom is 0.223 e. The van der Waals surface area contributed by atoms with Crippen molar-refractivity contribution in [1.82, 2.24) is 10.2 Å². The minimum absolute atomic E-state index is 0.133. The van der Waals surface area contributed by atoms with Crippen molar-refractivity contribution >= 4 is 5.91 Å². The summed E-state index contributed by atoms with van der Waals surface area (Å²) in [5.41, 5.74) is 0.525. The molecule has 122 valence electrons. The van der Waals surface area contributed by atoms with Gasteiger partial charge in [0.1, 0.15) is 5.82 Å². The van der Waals surface area contributed by atoms with Gasteiger partial charge in [0.2, 0.25) is 5.91 Å². The zero-order chi connectivity index (χ0) is 16.2. The Morgan fingerprint density at radius 3 is 2.64 bits per heavy atom. The Labute approximate surface area is 131 Å². The molecule has 2 rings (SSSR count). The number of rotatable bonds is 6. The summed E-state index contributed by atoms with van der Waals surface area (Å²) in [5, 5.41) is 13.0. The van der Waals surface area contributed by atoms with Crippen LogP contribution in [0.1, 0.15) is 43.2 Å². The molecule has 4 nitrogen and oxygen atoms in total. The van der Waals surface area contributed by atoms with Crippen molar-refractivity contribution in [3.05, 3.63) is 35.1 Å². The summed E-state index contributed by atoms with van der Waals surface area (Å²) >= 11 is 0. The summed E-state index contributed by atoms with van der Waals surface area (Å²) in [6, 6.07) is 5.04. The minimum Gasteiger partial charge on any atom is -0.389 e. The summed E-state index contributed by atoms with van der Waals surface area (Å²) in [6.07, 6.45) is 3.46. The van der Waals surface area contributed by atoms with E-state index in [9.17, 15) is 14.3 Å². The standard InChI is InChI=1S/C17H25FN2O2/c1-20(2)12-14-6-5-13(9-15(14)18)11-19-16(21)10-17(22)7-3-4-8-17/h5-6,9,22H,3-4,7-8,10-12H2,1-2H3,(H,19,21). The highest BCUT2D eigenvalue weighted by atomic mass is 19.1. The van der Waals surface area contributed by atoms with Gasteiger partial charge in [0.15, 0.2) is 0 Å². The van der Waals surface area contributed by atoms with Crippen molar-refractivity contribution in [1.29, 1.82) is 0 Å². The Bertz CT molecular complexity index is 525. The molecule has 2 N–H and O–H groups in total. The molecule has 5 heteroatoms. The van der Waals surface area contributed by atoms with E-state index in [4.69, 9.17) is 0 Å². The first-order valence-electron chi connectivity index (χ1n) is 7.79. The normalized spacial score (nSPS) is 17.0. The van der Waals surface area contributed by atoms with Gasteiger partial charge < -0.3 is 15.3 Å². The molecule has 0 unspecified atom stereocenters. The molecular weight excluding hydrogens is 283 g/mol. The Hall–Kier alpha value is -1.46. The van der Waals surface area contributed by atoms with E-state index >= 15 is 0 Å². The number of aliphatic hydroxyl groups is 1. The molecular formula is C17H25FN2O2. The van der Waals surface area contributed by atoms with Gasteiger partial charge in [-0.05, 0) is 38.6 Å². The Kier molecular flexibility index (Phi) is 5.53. The van der Waals surface area contributed by atoms with E-state index in [1.54, 1.807) is 6.07 Å². The quantitative estimate of drug-likeness (QED) is 0.847. The Morgan fingerprint density at radius 2 is 2.05 bits per heavy atom. The average molecular weight is 308 g/mol. The molecule has 1 saturated carbocycles. The number of amides is 1. The lowest BCUT2D eigenvalue weighted by atomic mass is 9.97. The monoisotopic (exact) mass is 308 g/mol. The Balaban J connectivity index is 1.86. The number of nitrogens with zero attached hydrogens (tertiary/aromatic N) is 1. The fourth-order valence-corrected chi connectivity index (χ4v) is 2.94. The van der Waals surface area contributed by atoms with Gasteiger partial charge in [0.05, 0.1) is 12.0 Å². The topological polar surface area (TPSA) is 52.6 Å². The van der Waals surface area contributed by atoms with E-state index in [1.165, 1.54) is 6.07 Å². The number of carbonyl (C=O) groups excluding carboxylic acids is 1. The van der Waals surface area contributed by atoms with Crippen LogP contribution in [0.15, 0.2) is 18.2 Å². The predicted molar refractivity (Wildman–Crippen MR) is 83.7 cm³/mol. The number of hydrogen-bond acceptors (Lipinski definition) is 3. The molecule has 1 aliphatic carbocycles. The van der Waals surface area contributed by atoms with Gasteiger partial charge in [0, 0.05) is 18.7 Å². The highest BCUT2D eigenvalue weighted by molar-refractivity contribution is 5.77. The fraction of sp³-hybridized carbons (Fsp3) is 0.588. The number of hydrogen-bond donors (Lipinski definition) is 2. The third kappa shape index (κ3) is 4.78. The maximum atomic E-state index is 13.9. The summed E-state index contributed by atoms with van der Waals surface area (Å²) in [4.78, 5) is 13.8. The molecule has 1 fully saturated rings. The lowest BCUT2D eigenvalue weighted by Crippen LogP contribution is -2.34. The van der Waals surface area contributed by atoms with Crippen LogP contribution in [-0.4, -0.2) is 35.6 Å². The first-order valence-corrected chi connectivity index (χ1v) is 7.79. The van der Waals surface area contributed by atoms with Crippen molar-refractivity contribution < 1.29 is 14.3 Å². The zero-order valence-corrected chi connectivity index (χ0v) is 13.4. The molecule has 0 aromatic heterocycles. The molecule has 1 amide bonds. The molecule has 0 spiro atoms. The Morgan fingerprint density at radius 1 is 1.36 bits per heavy atom. The van der Waals surface area contributed by atoms with Crippen molar-refractivity contribution in [2.45, 2.75) is 50.8 Å². The van der Waals surface area contributed by atoms with Crippen LogP contribution in [0.25, 0.3) is 0 Å². The van der Waals surface area contributed by atoms with Gasteiger partial charge in [-0.2, -0.15) is 0 Å². The van der Waals surface area contributed by atoms with Crippen molar-refractivity contribution in [2.75, 3.05) is 14.1 Å². The van der Waals surface area contributed by atoms with E-state index in [-0.39, 0.29) is 24.7 Å². The second-order valence-corrected chi connectivity index (χ2v) is 6.55. The minimum atomic E-state index is -0.842. The van der Waals surface area contributed by atoms with Crippen molar-refractivity contribution in [3.8, 4) is 0 Å². The molecule has 1 aromatic carbocycles. The molecule has 0 atom stereocenters. The number of benzene rings is 1. The third-order valence-electron chi connectivity index (χ3n) is 4.12. The summed E-state index contributed by atoms with van der Waals surface area (Å²) in [5.74, 6) is -0.433. The third-order valence-corrected chi connectivity index (χ3v) is 4.12. The van der Waals surface area contributed by atoms with Crippen molar-refractivity contribution in [2.24, 2.45) is 0 Å². The molecule has 0 heterocycles. The molecule has 1 aromatic rings. The van der Waals surface area contributed by atoms with E-state index in [1.807, 2.05) is 25.1 Å². The maximum absolute atomic E-state index is 13.9. The molecule has 0 saturated heterocycles. The predicted octanol–water partition coefficient (Wildman–Crippen LogP) is 2.20. The number of halogens is 1. The molecule has 0 bridgehead atoms. The zero-order valence-electron chi connectivity index (χ0n) is 13.4. The van der Waals surface area contributed by atoms with Gasteiger partial charge >= 0.3 is 0 Å². The summed E-state index contributed by atoms with van der Waals surface area (Å²) in [6.45, 7) is 0.833. The summed E-state index contributed by atoms with van der Waals surface area (Å²) < 4.78 is 13.9. The van der Waals surface area contributed by atoms with Crippen molar-refractivity contribution in [3.63, 3.8) is 0 Å². The van der Waals surface area contributed by atoms with Crippen LogP contribution in [0, 0.1) is 5.82 Å². The smallest absolute Gasteiger partial charge is 0.223 e. The highest BCUT2D eigenvalue weighted by Gasteiger charge is 2.33. The van der Waals surface area contributed by atoms with E-state index < -0.39 is 5.60 Å². The first kappa shape index (κ1) is 16.9. The van der Waals surface area contributed by atoms with Crippen LogP contribution < -0.4 is 5.32 Å². The SMILES string of the molecule is CN(C)Cc1ccc(CNC(=O)CC2(O)CCCC2)cc1F. The van der Waals surface area contributed by atoms with Gasteiger partial charge in [-0.25, -0.2) is 4.39 Å². The highest BCUT2D eigenvalue weighted by Crippen LogP contribution is 2.32. The summed E-state index contributed by atoms with van der Waals surface area (Å²) in [7, 11) is 3.78. The largest absolute Gasteiger partial charge is 0.389 e. The first-order chi connectivity index (χ1) is 10.4. The van der Waals surface area contributed by atoms with Crippen LogP contribution in [0.2, 0.25) is 0 Å². The fourth-order valence-electron chi connectivity index (χ4n) is 2.94. The number of nitrogens with one attached hydrogen (secondary N) is 1. The van der Waals surface area contributed by atoms with Crippen LogP contribution in [-0.2, 0) is 17.9 Å². The van der Waals surface area contributed by atoms with Gasteiger partial charge in [-0.15, -0.1) is 0 Å². The molecule has 1 aliphatic rings. The molecule has 0 aliphatic heterocycles. The van der Waals surface area contributed by atoms with Crippen LogP contribution >= 0.6 is 0 Å².